The van der Waals surface area contributed by atoms with E-state index in [0.29, 0.717) is 6.42 Å². The first-order valence-electron chi connectivity index (χ1n) is 5.56. The number of rotatable bonds is 9. The average molecular weight is 277 g/mol. The van der Waals surface area contributed by atoms with Crippen LogP contribution in [-0.4, -0.2) is 54.4 Å². The highest BCUT2D eigenvalue weighted by Crippen LogP contribution is 2.05. The standard InChI is InChI=1S/C10H20O5S.Mg/c1-2-3-4-5-6-7-10(11)15-8-9-16(12,13)14;/h2-9H2,1H3,(H,12,13,14);. The zero-order valence-corrected chi connectivity index (χ0v) is 12.6. The van der Waals surface area contributed by atoms with E-state index in [1.54, 1.807) is 0 Å². The first-order chi connectivity index (χ1) is 7.45. The Balaban J connectivity index is 0. The lowest BCUT2D eigenvalue weighted by Gasteiger charge is -2.03. The minimum atomic E-state index is -4.03. The molecule has 0 saturated heterocycles. The Morgan fingerprint density at radius 3 is 2.29 bits per heavy atom. The first kappa shape index (κ1) is 19.5. The third-order valence-corrected chi connectivity index (χ3v) is 2.77. The topological polar surface area (TPSA) is 80.7 Å². The molecule has 0 aliphatic rings. The molecule has 5 nitrogen and oxygen atoms in total. The molecule has 0 amide bonds. The van der Waals surface area contributed by atoms with Crippen LogP contribution in [0.25, 0.3) is 0 Å². The molecule has 0 aromatic heterocycles. The van der Waals surface area contributed by atoms with Crippen LogP contribution in [0.15, 0.2) is 0 Å². The lowest BCUT2D eigenvalue weighted by atomic mass is 10.1. The number of unbranched alkanes of at least 4 members (excludes halogenated alkanes) is 4. The fourth-order valence-corrected chi connectivity index (χ4v) is 1.50. The van der Waals surface area contributed by atoms with Gasteiger partial charge < -0.3 is 4.74 Å². The van der Waals surface area contributed by atoms with Gasteiger partial charge in [-0.25, -0.2) is 0 Å². The minimum Gasteiger partial charge on any atom is -0.464 e. The van der Waals surface area contributed by atoms with Gasteiger partial charge in [0.15, 0.2) is 0 Å². The van der Waals surface area contributed by atoms with Crippen LogP contribution in [0.3, 0.4) is 0 Å². The molecule has 17 heavy (non-hydrogen) atoms. The third-order valence-electron chi connectivity index (χ3n) is 2.09. The molecular weight excluding hydrogens is 256 g/mol. The van der Waals surface area contributed by atoms with Crippen molar-refractivity contribution in [3.63, 3.8) is 0 Å². The summed E-state index contributed by atoms with van der Waals surface area (Å²) >= 11 is 0. The molecule has 0 atom stereocenters. The summed E-state index contributed by atoms with van der Waals surface area (Å²) in [5.74, 6) is -0.936. The molecule has 1 N–H and O–H groups in total. The van der Waals surface area contributed by atoms with Crippen LogP contribution < -0.4 is 0 Å². The summed E-state index contributed by atoms with van der Waals surface area (Å²) in [7, 11) is -4.03. The lowest BCUT2D eigenvalue weighted by molar-refractivity contribution is -0.143. The normalized spacial score (nSPS) is 10.7. The van der Waals surface area contributed by atoms with E-state index in [1.165, 1.54) is 0 Å². The molecule has 0 aliphatic carbocycles. The van der Waals surface area contributed by atoms with E-state index >= 15 is 0 Å². The van der Waals surface area contributed by atoms with Crippen LogP contribution in [0.4, 0.5) is 0 Å². The van der Waals surface area contributed by atoms with Crippen LogP contribution in [0, 0.1) is 0 Å². The van der Waals surface area contributed by atoms with E-state index in [9.17, 15) is 13.2 Å². The average Bonchev–Trinajstić information content (AvgIpc) is 2.15. The summed E-state index contributed by atoms with van der Waals surface area (Å²) in [6, 6.07) is 0. The number of carbonyl (C=O) groups is 1. The van der Waals surface area contributed by atoms with Gasteiger partial charge in [-0.15, -0.1) is 0 Å². The van der Waals surface area contributed by atoms with Crippen molar-refractivity contribution < 1.29 is 22.5 Å². The lowest BCUT2D eigenvalue weighted by Crippen LogP contribution is -2.14. The van der Waals surface area contributed by atoms with Crippen molar-refractivity contribution in [2.75, 3.05) is 12.4 Å². The monoisotopic (exact) mass is 276 g/mol. The van der Waals surface area contributed by atoms with Crippen molar-refractivity contribution in [3.8, 4) is 0 Å². The summed E-state index contributed by atoms with van der Waals surface area (Å²) in [4.78, 5) is 11.1. The van der Waals surface area contributed by atoms with Gasteiger partial charge in [0.05, 0.1) is 0 Å². The summed E-state index contributed by atoms with van der Waals surface area (Å²) in [6.07, 6.45) is 5.49. The highest BCUT2D eigenvalue weighted by molar-refractivity contribution is 7.85. The van der Waals surface area contributed by atoms with Crippen LogP contribution >= 0.6 is 0 Å². The number of esters is 1. The zero-order valence-electron chi connectivity index (χ0n) is 10.4. The van der Waals surface area contributed by atoms with Gasteiger partial charge in [-0.2, -0.15) is 8.42 Å². The van der Waals surface area contributed by atoms with E-state index in [-0.39, 0.29) is 29.7 Å². The van der Waals surface area contributed by atoms with Crippen LogP contribution in [0.1, 0.15) is 45.4 Å². The molecule has 0 rings (SSSR count). The van der Waals surface area contributed by atoms with Gasteiger partial charge >= 0.3 is 5.97 Å². The molecule has 0 aromatic carbocycles. The van der Waals surface area contributed by atoms with Crippen molar-refractivity contribution in [1.29, 1.82) is 0 Å². The molecule has 0 spiro atoms. The zero-order chi connectivity index (χ0) is 12.4. The molecule has 0 aromatic rings. The molecule has 0 aliphatic heterocycles. The fourth-order valence-electron chi connectivity index (χ4n) is 1.21. The second-order valence-electron chi connectivity index (χ2n) is 3.67. The Morgan fingerprint density at radius 2 is 1.76 bits per heavy atom. The highest BCUT2D eigenvalue weighted by atomic mass is 32.2. The Kier molecular flexibility index (Phi) is 12.9. The Morgan fingerprint density at radius 1 is 1.18 bits per heavy atom. The predicted octanol–water partition coefficient (Wildman–Crippen LogP) is 1.40. The second kappa shape index (κ2) is 11.2. The Hall–Kier alpha value is 0.146. The minimum absolute atomic E-state index is 0. The molecule has 0 saturated carbocycles. The van der Waals surface area contributed by atoms with Crippen molar-refractivity contribution in [1.82, 2.24) is 0 Å². The molecule has 0 fully saturated rings. The van der Waals surface area contributed by atoms with Crippen LogP contribution in [0.5, 0.6) is 0 Å². The van der Waals surface area contributed by atoms with E-state index in [1.807, 2.05) is 0 Å². The van der Waals surface area contributed by atoms with Crippen LogP contribution in [0.2, 0.25) is 0 Å². The molecule has 0 heterocycles. The molecule has 7 heteroatoms. The second-order valence-corrected chi connectivity index (χ2v) is 5.24. The van der Waals surface area contributed by atoms with E-state index in [4.69, 9.17) is 4.55 Å². The third kappa shape index (κ3) is 16.1. The van der Waals surface area contributed by atoms with E-state index in [0.717, 1.165) is 32.1 Å². The number of carbonyl (C=O) groups excluding carboxylic acids is 1. The summed E-state index contributed by atoms with van der Waals surface area (Å²) in [5.41, 5.74) is 0. The van der Waals surface area contributed by atoms with Crippen LogP contribution in [-0.2, 0) is 19.6 Å². The highest BCUT2D eigenvalue weighted by Gasteiger charge is 2.07. The largest absolute Gasteiger partial charge is 0.464 e. The molecule has 0 unspecified atom stereocenters. The van der Waals surface area contributed by atoms with Crippen molar-refractivity contribution in [2.24, 2.45) is 0 Å². The van der Waals surface area contributed by atoms with Gasteiger partial charge in [-0.05, 0) is 6.42 Å². The summed E-state index contributed by atoms with van der Waals surface area (Å²) in [6.45, 7) is 1.84. The van der Waals surface area contributed by atoms with Gasteiger partial charge in [-0.3, -0.25) is 9.35 Å². The van der Waals surface area contributed by atoms with Crippen molar-refractivity contribution >= 4 is 39.1 Å². The van der Waals surface area contributed by atoms with E-state index < -0.39 is 21.8 Å². The maximum atomic E-state index is 11.1. The maximum absolute atomic E-state index is 11.1. The Labute approximate surface area is 119 Å². The first-order valence-corrected chi connectivity index (χ1v) is 7.17. The SMILES string of the molecule is CCCCCCCC(=O)OCCS(=O)(=O)O.[Mg]. The predicted molar refractivity (Wildman–Crippen MR) is 66.5 cm³/mol. The number of ether oxygens (including phenoxy) is 1. The van der Waals surface area contributed by atoms with Gasteiger partial charge in [0.2, 0.25) is 0 Å². The van der Waals surface area contributed by atoms with Gasteiger partial charge in [0.1, 0.15) is 12.4 Å². The fraction of sp³-hybridized carbons (Fsp3) is 0.900. The quantitative estimate of drug-likeness (QED) is 0.298. The van der Waals surface area contributed by atoms with Gasteiger partial charge in [0.25, 0.3) is 10.1 Å². The maximum Gasteiger partial charge on any atom is 0.305 e. The molecule has 2 radical (unpaired) electrons. The molecular formula is C10H20MgO5S. The summed E-state index contributed by atoms with van der Waals surface area (Å²) < 4.78 is 33.6. The summed E-state index contributed by atoms with van der Waals surface area (Å²) in [5, 5.41) is 0. The van der Waals surface area contributed by atoms with E-state index in [2.05, 4.69) is 11.7 Å². The van der Waals surface area contributed by atoms with Gasteiger partial charge in [-0.1, -0.05) is 32.6 Å². The molecule has 0 bridgehead atoms. The van der Waals surface area contributed by atoms with Crippen molar-refractivity contribution in [2.45, 2.75) is 45.4 Å². The smallest absolute Gasteiger partial charge is 0.305 e. The Bertz CT molecular complexity index is 289. The number of hydrogen-bond donors (Lipinski definition) is 1. The van der Waals surface area contributed by atoms with Crippen molar-refractivity contribution in [3.05, 3.63) is 0 Å². The number of hydrogen-bond acceptors (Lipinski definition) is 4. The van der Waals surface area contributed by atoms with Gasteiger partial charge in [0, 0.05) is 29.5 Å². The molecule has 98 valence electrons.